The van der Waals surface area contributed by atoms with Crippen LogP contribution in [0.4, 0.5) is 0 Å². The Morgan fingerprint density at radius 3 is 2.88 bits per heavy atom. The third-order valence-corrected chi connectivity index (χ3v) is 2.83. The van der Waals surface area contributed by atoms with Crippen molar-refractivity contribution in [2.75, 3.05) is 0 Å². The molecule has 0 aliphatic carbocycles. The average molecular weight is 228 g/mol. The van der Waals surface area contributed by atoms with Crippen molar-refractivity contribution in [2.45, 2.75) is 19.4 Å². The quantitative estimate of drug-likeness (QED) is 0.847. The summed E-state index contributed by atoms with van der Waals surface area (Å²) >= 11 is 0. The van der Waals surface area contributed by atoms with E-state index in [4.69, 9.17) is 5.73 Å². The van der Waals surface area contributed by atoms with Crippen LogP contribution in [0, 0.1) is 6.92 Å². The second kappa shape index (κ2) is 4.97. The van der Waals surface area contributed by atoms with Gasteiger partial charge in [0.15, 0.2) is 0 Å². The van der Waals surface area contributed by atoms with Crippen molar-refractivity contribution < 1.29 is 5.11 Å². The first kappa shape index (κ1) is 11.6. The number of nitrogens with zero attached hydrogens (tertiary/aromatic N) is 1. The molecule has 1 aromatic carbocycles. The largest absolute Gasteiger partial charge is 0.508 e. The highest BCUT2D eigenvalue weighted by Gasteiger charge is 2.09. The standard InChI is InChI=1S/C14H16N2O/c1-10-9-16-6-5-13(10)14(15)8-11-3-2-4-12(17)7-11/h2-7,9,14,17H,8,15H2,1H3. The molecule has 0 fully saturated rings. The second-order valence-corrected chi connectivity index (χ2v) is 4.21. The molecule has 0 amide bonds. The smallest absolute Gasteiger partial charge is 0.115 e. The van der Waals surface area contributed by atoms with E-state index in [2.05, 4.69) is 4.98 Å². The Morgan fingerprint density at radius 1 is 1.35 bits per heavy atom. The van der Waals surface area contributed by atoms with Gasteiger partial charge in [-0.2, -0.15) is 0 Å². The third-order valence-electron chi connectivity index (χ3n) is 2.83. The number of aromatic hydroxyl groups is 1. The minimum atomic E-state index is -0.0696. The van der Waals surface area contributed by atoms with Crippen LogP contribution in [0.2, 0.25) is 0 Å². The van der Waals surface area contributed by atoms with Crippen LogP contribution < -0.4 is 5.73 Å². The molecule has 0 radical (unpaired) electrons. The van der Waals surface area contributed by atoms with E-state index in [1.54, 1.807) is 18.3 Å². The van der Waals surface area contributed by atoms with Crippen LogP contribution >= 0.6 is 0 Å². The molecule has 0 aliphatic heterocycles. The number of hydrogen-bond donors (Lipinski definition) is 2. The number of phenols is 1. The predicted molar refractivity (Wildman–Crippen MR) is 67.7 cm³/mol. The molecule has 3 N–H and O–H groups in total. The molecule has 0 spiro atoms. The van der Waals surface area contributed by atoms with Crippen molar-refractivity contribution in [3.05, 3.63) is 59.4 Å². The Kier molecular flexibility index (Phi) is 3.40. The van der Waals surface area contributed by atoms with E-state index in [0.717, 1.165) is 16.7 Å². The molecule has 0 bridgehead atoms. The number of rotatable bonds is 3. The summed E-state index contributed by atoms with van der Waals surface area (Å²) in [6.07, 6.45) is 4.28. The number of aromatic nitrogens is 1. The van der Waals surface area contributed by atoms with E-state index < -0.39 is 0 Å². The van der Waals surface area contributed by atoms with Gasteiger partial charge in [0.05, 0.1) is 0 Å². The van der Waals surface area contributed by atoms with E-state index in [9.17, 15) is 5.11 Å². The fourth-order valence-corrected chi connectivity index (χ4v) is 1.95. The number of benzene rings is 1. The number of hydrogen-bond acceptors (Lipinski definition) is 3. The molecule has 1 heterocycles. The zero-order valence-corrected chi connectivity index (χ0v) is 9.80. The number of pyridine rings is 1. The van der Waals surface area contributed by atoms with Crippen molar-refractivity contribution in [1.82, 2.24) is 4.98 Å². The summed E-state index contributed by atoms with van der Waals surface area (Å²) < 4.78 is 0. The lowest BCUT2D eigenvalue weighted by Crippen LogP contribution is -2.14. The molecule has 1 atom stereocenters. The summed E-state index contributed by atoms with van der Waals surface area (Å²) in [5.41, 5.74) is 9.40. The summed E-state index contributed by atoms with van der Waals surface area (Å²) in [7, 11) is 0. The lowest BCUT2D eigenvalue weighted by Gasteiger charge is -2.14. The molecule has 0 saturated carbocycles. The summed E-state index contributed by atoms with van der Waals surface area (Å²) in [6.45, 7) is 2.00. The van der Waals surface area contributed by atoms with Crippen molar-refractivity contribution in [1.29, 1.82) is 0 Å². The van der Waals surface area contributed by atoms with Gasteiger partial charge >= 0.3 is 0 Å². The molecule has 2 rings (SSSR count). The third kappa shape index (κ3) is 2.82. The highest BCUT2D eigenvalue weighted by atomic mass is 16.3. The fourth-order valence-electron chi connectivity index (χ4n) is 1.95. The van der Waals surface area contributed by atoms with Gasteiger partial charge in [-0.25, -0.2) is 0 Å². The minimum Gasteiger partial charge on any atom is -0.508 e. The summed E-state index contributed by atoms with van der Waals surface area (Å²) in [5.74, 6) is 0.279. The zero-order valence-electron chi connectivity index (χ0n) is 9.80. The van der Waals surface area contributed by atoms with Gasteiger partial charge in [-0.1, -0.05) is 12.1 Å². The van der Waals surface area contributed by atoms with Crippen LogP contribution in [0.5, 0.6) is 5.75 Å². The van der Waals surface area contributed by atoms with Gasteiger partial charge in [-0.15, -0.1) is 0 Å². The second-order valence-electron chi connectivity index (χ2n) is 4.21. The van der Waals surface area contributed by atoms with Crippen molar-refractivity contribution >= 4 is 0 Å². The van der Waals surface area contributed by atoms with Crippen molar-refractivity contribution in [2.24, 2.45) is 5.73 Å². The maximum absolute atomic E-state index is 9.40. The molecule has 3 heteroatoms. The topological polar surface area (TPSA) is 59.1 Å². The van der Waals surface area contributed by atoms with Crippen LogP contribution in [-0.4, -0.2) is 10.1 Å². The van der Waals surface area contributed by atoms with E-state index in [1.165, 1.54) is 0 Å². The minimum absolute atomic E-state index is 0.0696. The van der Waals surface area contributed by atoms with E-state index >= 15 is 0 Å². The van der Waals surface area contributed by atoms with Crippen LogP contribution in [0.3, 0.4) is 0 Å². The zero-order chi connectivity index (χ0) is 12.3. The van der Waals surface area contributed by atoms with Gasteiger partial charge < -0.3 is 10.8 Å². The average Bonchev–Trinajstić information content (AvgIpc) is 2.29. The van der Waals surface area contributed by atoms with Crippen molar-refractivity contribution in [3.8, 4) is 5.75 Å². The fraction of sp³-hybridized carbons (Fsp3) is 0.214. The monoisotopic (exact) mass is 228 g/mol. The van der Waals surface area contributed by atoms with Gasteiger partial charge in [0.2, 0.25) is 0 Å². The number of phenolic OH excluding ortho intramolecular Hbond substituents is 1. The maximum Gasteiger partial charge on any atom is 0.115 e. The molecule has 17 heavy (non-hydrogen) atoms. The number of nitrogens with two attached hydrogens (primary N) is 1. The predicted octanol–water partition coefficient (Wildman–Crippen LogP) is 2.34. The maximum atomic E-state index is 9.40. The summed E-state index contributed by atoms with van der Waals surface area (Å²) in [4.78, 5) is 4.05. The van der Waals surface area contributed by atoms with Gasteiger partial charge in [0.1, 0.15) is 5.75 Å². The van der Waals surface area contributed by atoms with Crippen LogP contribution in [-0.2, 0) is 6.42 Å². The van der Waals surface area contributed by atoms with Crippen LogP contribution in [0.15, 0.2) is 42.7 Å². The molecule has 1 aromatic heterocycles. The molecular formula is C14H16N2O. The molecule has 88 valence electrons. The molecule has 2 aromatic rings. The molecule has 3 nitrogen and oxygen atoms in total. The molecular weight excluding hydrogens is 212 g/mol. The molecule has 1 unspecified atom stereocenters. The van der Waals surface area contributed by atoms with E-state index in [1.807, 2.05) is 31.3 Å². The Balaban J connectivity index is 2.17. The lowest BCUT2D eigenvalue weighted by atomic mass is 9.97. The van der Waals surface area contributed by atoms with Gasteiger partial charge in [-0.05, 0) is 48.2 Å². The normalized spacial score (nSPS) is 12.4. The summed E-state index contributed by atoms with van der Waals surface area (Å²) in [6, 6.07) is 9.08. The first-order chi connectivity index (χ1) is 8.16. The Bertz CT molecular complexity index is 511. The number of aryl methyl sites for hydroxylation is 1. The van der Waals surface area contributed by atoms with Gasteiger partial charge in [0.25, 0.3) is 0 Å². The molecule has 0 aliphatic rings. The Morgan fingerprint density at radius 2 is 2.18 bits per heavy atom. The van der Waals surface area contributed by atoms with Crippen molar-refractivity contribution in [3.63, 3.8) is 0 Å². The van der Waals surface area contributed by atoms with E-state index in [0.29, 0.717) is 6.42 Å². The Hall–Kier alpha value is -1.87. The van der Waals surface area contributed by atoms with Crippen LogP contribution in [0.1, 0.15) is 22.7 Å². The lowest BCUT2D eigenvalue weighted by molar-refractivity contribution is 0.474. The summed E-state index contributed by atoms with van der Waals surface area (Å²) in [5, 5.41) is 9.40. The van der Waals surface area contributed by atoms with Gasteiger partial charge in [0, 0.05) is 18.4 Å². The van der Waals surface area contributed by atoms with Crippen LogP contribution in [0.25, 0.3) is 0 Å². The SMILES string of the molecule is Cc1cnccc1C(N)Cc1cccc(O)c1. The first-order valence-electron chi connectivity index (χ1n) is 5.61. The Labute approximate surface area is 101 Å². The van der Waals surface area contributed by atoms with E-state index in [-0.39, 0.29) is 11.8 Å². The van der Waals surface area contributed by atoms with Gasteiger partial charge in [-0.3, -0.25) is 4.98 Å². The highest BCUT2D eigenvalue weighted by molar-refractivity contribution is 5.31. The highest BCUT2D eigenvalue weighted by Crippen LogP contribution is 2.20. The molecule has 0 saturated heterocycles. The first-order valence-corrected chi connectivity index (χ1v) is 5.61.